The zero-order chi connectivity index (χ0) is 14.8. The van der Waals surface area contributed by atoms with E-state index in [1.54, 1.807) is 0 Å². The van der Waals surface area contributed by atoms with Crippen molar-refractivity contribution in [2.75, 3.05) is 52.6 Å². The van der Waals surface area contributed by atoms with Crippen molar-refractivity contribution in [3.63, 3.8) is 0 Å². The van der Waals surface area contributed by atoms with Crippen LogP contribution in [0.4, 0.5) is 5.69 Å². The first-order valence-corrected chi connectivity index (χ1v) is 7.47. The number of rotatable bonds is 10. The molecule has 4 nitrogen and oxygen atoms in total. The highest BCUT2D eigenvalue weighted by Crippen LogP contribution is 2.14. The molecule has 4 heteroatoms. The fourth-order valence-electron chi connectivity index (χ4n) is 2.08. The van der Waals surface area contributed by atoms with Crippen LogP contribution < -0.4 is 10.5 Å². The largest absolute Gasteiger partial charge is 0.493 e. The highest BCUT2D eigenvalue weighted by atomic mass is 16.5. The summed E-state index contributed by atoms with van der Waals surface area (Å²) in [6.07, 6.45) is 2.24. The summed E-state index contributed by atoms with van der Waals surface area (Å²) >= 11 is 0. The third-order valence-electron chi connectivity index (χ3n) is 3.15. The maximum absolute atomic E-state index is 5.73. The van der Waals surface area contributed by atoms with Gasteiger partial charge in [0.15, 0.2) is 0 Å². The predicted octanol–water partition coefficient (Wildman–Crippen LogP) is 2.31. The van der Waals surface area contributed by atoms with Gasteiger partial charge in [0.05, 0.1) is 6.61 Å². The van der Waals surface area contributed by atoms with Crippen LogP contribution in [0.25, 0.3) is 0 Å². The summed E-state index contributed by atoms with van der Waals surface area (Å²) in [7, 11) is 4.24. The van der Waals surface area contributed by atoms with Gasteiger partial charge in [-0.15, -0.1) is 0 Å². The minimum Gasteiger partial charge on any atom is -0.493 e. The van der Waals surface area contributed by atoms with Crippen LogP contribution in [0.2, 0.25) is 0 Å². The molecular formula is C16H29N3O. The number of likely N-dealkylation sites (N-methyl/N-ethyl adjacent to an activating group) is 1. The Kier molecular flexibility index (Phi) is 8.07. The first-order valence-electron chi connectivity index (χ1n) is 7.47. The Morgan fingerprint density at radius 1 is 1.10 bits per heavy atom. The number of hydrogen-bond donors (Lipinski definition) is 1. The molecule has 0 radical (unpaired) electrons. The van der Waals surface area contributed by atoms with Gasteiger partial charge >= 0.3 is 0 Å². The first kappa shape index (κ1) is 16.8. The lowest BCUT2D eigenvalue weighted by molar-refractivity contribution is 0.216. The van der Waals surface area contributed by atoms with Crippen LogP contribution in [-0.4, -0.2) is 56.7 Å². The monoisotopic (exact) mass is 279 g/mol. The molecule has 0 spiro atoms. The molecule has 0 aromatic heterocycles. The third kappa shape index (κ3) is 7.36. The molecule has 2 N–H and O–H groups in total. The van der Waals surface area contributed by atoms with E-state index in [0.717, 1.165) is 50.6 Å². The van der Waals surface area contributed by atoms with Crippen molar-refractivity contribution in [2.24, 2.45) is 0 Å². The van der Waals surface area contributed by atoms with Crippen LogP contribution in [0.5, 0.6) is 5.75 Å². The van der Waals surface area contributed by atoms with E-state index < -0.39 is 0 Å². The second kappa shape index (κ2) is 9.61. The summed E-state index contributed by atoms with van der Waals surface area (Å²) in [6, 6.07) is 7.62. The Labute approximate surface area is 123 Å². The zero-order valence-electron chi connectivity index (χ0n) is 13.1. The molecule has 114 valence electrons. The number of ether oxygens (including phenoxy) is 1. The van der Waals surface area contributed by atoms with Crippen LogP contribution in [0.15, 0.2) is 24.3 Å². The van der Waals surface area contributed by atoms with Crippen molar-refractivity contribution in [3.8, 4) is 5.75 Å². The Morgan fingerprint density at radius 2 is 1.90 bits per heavy atom. The van der Waals surface area contributed by atoms with Crippen molar-refractivity contribution in [3.05, 3.63) is 24.3 Å². The summed E-state index contributed by atoms with van der Waals surface area (Å²) in [4.78, 5) is 4.73. The highest BCUT2D eigenvalue weighted by Gasteiger charge is 2.04. The molecule has 0 aliphatic carbocycles. The number of anilines is 1. The summed E-state index contributed by atoms with van der Waals surface area (Å²) in [5.41, 5.74) is 6.48. The molecule has 1 aromatic rings. The number of nitrogens with zero attached hydrogens (tertiary/aromatic N) is 2. The summed E-state index contributed by atoms with van der Waals surface area (Å²) in [6.45, 7) is 7.45. The van der Waals surface area contributed by atoms with Gasteiger partial charge in [0, 0.05) is 31.4 Å². The molecule has 0 heterocycles. The van der Waals surface area contributed by atoms with Crippen LogP contribution in [0, 0.1) is 0 Å². The molecular weight excluding hydrogens is 250 g/mol. The standard InChI is InChI=1S/C16H29N3O/c1-4-9-19(12-11-18(2)3)10-6-13-20-16-8-5-7-15(17)14-16/h5,7-8,14H,4,6,9-13,17H2,1-3H3. The van der Waals surface area contributed by atoms with Gasteiger partial charge in [-0.3, -0.25) is 0 Å². The second-order valence-corrected chi connectivity index (χ2v) is 5.42. The summed E-state index contributed by atoms with van der Waals surface area (Å²) < 4.78 is 5.72. The Morgan fingerprint density at radius 3 is 2.55 bits per heavy atom. The maximum Gasteiger partial charge on any atom is 0.121 e. The number of benzene rings is 1. The number of nitrogens with two attached hydrogens (primary N) is 1. The molecule has 0 amide bonds. The first-order chi connectivity index (χ1) is 9.61. The van der Waals surface area contributed by atoms with E-state index in [0.29, 0.717) is 0 Å². The number of hydrogen-bond acceptors (Lipinski definition) is 4. The molecule has 1 aromatic carbocycles. The Balaban J connectivity index is 2.22. The van der Waals surface area contributed by atoms with E-state index in [4.69, 9.17) is 10.5 Å². The van der Waals surface area contributed by atoms with Crippen molar-refractivity contribution < 1.29 is 4.74 Å². The van der Waals surface area contributed by atoms with E-state index in [2.05, 4.69) is 30.8 Å². The van der Waals surface area contributed by atoms with E-state index in [9.17, 15) is 0 Å². The van der Waals surface area contributed by atoms with Crippen molar-refractivity contribution >= 4 is 5.69 Å². The topological polar surface area (TPSA) is 41.7 Å². The van der Waals surface area contributed by atoms with Gasteiger partial charge in [0.25, 0.3) is 0 Å². The fourth-order valence-corrected chi connectivity index (χ4v) is 2.08. The van der Waals surface area contributed by atoms with Gasteiger partial charge in [0.1, 0.15) is 5.75 Å². The molecule has 0 fully saturated rings. The van der Waals surface area contributed by atoms with Gasteiger partial charge in [-0.2, -0.15) is 0 Å². The molecule has 0 aliphatic heterocycles. The van der Waals surface area contributed by atoms with Crippen LogP contribution in [-0.2, 0) is 0 Å². The molecule has 20 heavy (non-hydrogen) atoms. The summed E-state index contributed by atoms with van der Waals surface area (Å²) in [5, 5.41) is 0. The van der Waals surface area contributed by atoms with Crippen LogP contribution in [0.3, 0.4) is 0 Å². The minimum absolute atomic E-state index is 0.742. The smallest absolute Gasteiger partial charge is 0.121 e. The van der Waals surface area contributed by atoms with Gasteiger partial charge in [-0.25, -0.2) is 0 Å². The molecule has 1 rings (SSSR count). The van der Waals surface area contributed by atoms with Gasteiger partial charge in [-0.1, -0.05) is 13.0 Å². The normalized spacial score (nSPS) is 11.2. The average Bonchev–Trinajstić information content (AvgIpc) is 2.40. The van der Waals surface area contributed by atoms with E-state index in [1.165, 1.54) is 6.42 Å². The highest BCUT2D eigenvalue weighted by molar-refractivity contribution is 5.43. The lowest BCUT2D eigenvalue weighted by Crippen LogP contribution is -2.33. The van der Waals surface area contributed by atoms with Gasteiger partial charge in [-0.05, 0) is 45.6 Å². The predicted molar refractivity (Wildman–Crippen MR) is 86.3 cm³/mol. The Hall–Kier alpha value is -1.26. The molecule has 0 atom stereocenters. The van der Waals surface area contributed by atoms with E-state index >= 15 is 0 Å². The molecule has 0 unspecified atom stereocenters. The quantitative estimate of drug-likeness (QED) is 0.527. The zero-order valence-corrected chi connectivity index (χ0v) is 13.1. The molecule has 0 saturated carbocycles. The molecule has 0 aliphatic rings. The second-order valence-electron chi connectivity index (χ2n) is 5.42. The van der Waals surface area contributed by atoms with Crippen LogP contribution in [0.1, 0.15) is 19.8 Å². The molecule has 0 bridgehead atoms. The summed E-state index contributed by atoms with van der Waals surface area (Å²) in [5.74, 6) is 0.861. The lowest BCUT2D eigenvalue weighted by Gasteiger charge is -2.23. The van der Waals surface area contributed by atoms with Crippen molar-refractivity contribution in [1.29, 1.82) is 0 Å². The van der Waals surface area contributed by atoms with E-state index in [1.807, 2.05) is 24.3 Å². The molecule has 0 saturated heterocycles. The van der Waals surface area contributed by atoms with Gasteiger partial charge < -0.3 is 20.3 Å². The Bertz CT molecular complexity index is 368. The van der Waals surface area contributed by atoms with Crippen molar-refractivity contribution in [1.82, 2.24) is 9.80 Å². The van der Waals surface area contributed by atoms with Gasteiger partial charge in [0.2, 0.25) is 0 Å². The average molecular weight is 279 g/mol. The SMILES string of the molecule is CCCN(CCCOc1cccc(N)c1)CCN(C)C. The van der Waals surface area contributed by atoms with Crippen molar-refractivity contribution in [2.45, 2.75) is 19.8 Å². The van der Waals surface area contributed by atoms with Crippen LogP contribution >= 0.6 is 0 Å². The number of nitrogen functional groups attached to an aromatic ring is 1. The fraction of sp³-hybridized carbons (Fsp3) is 0.625. The third-order valence-corrected chi connectivity index (χ3v) is 3.15. The maximum atomic E-state index is 5.73. The van der Waals surface area contributed by atoms with E-state index in [-0.39, 0.29) is 0 Å². The lowest BCUT2D eigenvalue weighted by atomic mass is 10.3. The minimum atomic E-state index is 0.742.